The van der Waals surface area contributed by atoms with E-state index in [0.29, 0.717) is 24.4 Å². The van der Waals surface area contributed by atoms with Crippen LogP contribution in [0.15, 0.2) is 24.3 Å². The summed E-state index contributed by atoms with van der Waals surface area (Å²) >= 11 is 0. The van der Waals surface area contributed by atoms with Gasteiger partial charge in [0, 0.05) is 25.2 Å². The van der Waals surface area contributed by atoms with E-state index in [1.165, 1.54) is 11.8 Å². The maximum absolute atomic E-state index is 12.7. The summed E-state index contributed by atoms with van der Waals surface area (Å²) in [5.41, 5.74) is 0.594. The third-order valence-corrected chi connectivity index (χ3v) is 6.12. The number of amides is 2. The van der Waals surface area contributed by atoms with Crippen molar-refractivity contribution in [2.75, 3.05) is 36.6 Å². The lowest BCUT2D eigenvalue weighted by Gasteiger charge is -2.30. The first kappa shape index (κ1) is 19.2. The van der Waals surface area contributed by atoms with Crippen LogP contribution in [0.5, 0.6) is 5.75 Å². The highest BCUT2D eigenvalue weighted by atomic mass is 32.2. The molecule has 8 heteroatoms. The first-order chi connectivity index (χ1) is 11.8. The molecule has 0 aliphatic carbocycles. The van der Waals surface area contributed by atoms with Crippen molar-refractivity contribution in [1.29, 1.82) is 0 Å². The molecule has 0 saturated carbocycles. The second kappa shape index (κ2) is 7.86. The summed E-state index contributed by atoms with van der Waals surface area (Å²) in [6.45, 7) is 3.50. The van der Waals surface area contributed by atoms with Crippen LogP contribution < -0.4 is 9.64 Å². The molecule has 2 amide bonds. The fourth-order valence-corrected chi connectivity index (χ4v) is 4.76. The quantitative estimate of drug-likeness (QED) is 0.750. The van der Waals surface area contributed by atoms with E-state index in [4.69, 9.17) is 4.74 Å². The van der Waals surface area contributed by atoms with E-state index < -0.39 is 9.84 Å². The Morgan fingerprint density at radius 3 is 2.32 bits per heavy atom. The van der Waals surface area contributed by atoms with Crippen LogP contribution in [0.1, 0.15) is 20.3 Å². The van der Waals surface area contributed by atoms with Crippen molar-refractivity contribution in [3.63, 3.8) is 0 Å². The van der Waals surface area contributed by atoms with E-state index in [1.54, 1.807) is 36.3 Å². The van der Waals surface area contributed by atoms with Crippen LogP contribution in [0.4, 0.5) is 5.69 Å². The number of hydrogen-bond donors (Lipinski definition) is 0. The lowest BCUT2D eigenvalue weighted by molar-refractivity contribution is -0.132. The maximum Gasteiger partial charge on any atom is 0.242 e. The van der Waals surface area contributed by atoms with E-state index >= 15 is 0 Å². The first-order valence-corrected chi connectivity index (χ1v) is 10.0. The largest absolute Gasteiger partial charge is 0.497 e. The molecule has 1 aliphatic rings. The third-order valence-electron chi connectivity index (χ3n) is 4.37. The van der Waals surface area contributed by atoms with Gasteiger partial charge in [-0.2, -0.15) is 0 Å². The second-order valence-corrected chi connectivity index (χ2v) is 8.27. The van der Waals surface area contributed by atoms with E-state index in [0.717, 1.165) is 0 Å². The van der Waals surface area contributed by atoms with Crippen LogP contribution in [-0.2, 0) is 19.4 Å². The van der Waals surface area contributed by atoms with Crippen molar-refractivity contribution < 1.29 is 22.7 Å². The maximum atomic E-state index is 12.7. The molecule has 1 aromatic carbocycles. The fourth-order valence-electron chi connectivity index (χ4n) is 3.03. The summed E-state index contributed by atoms with van der Waals surface area (Å²) in [5, 5.41) is 0. The van der Waals surface area contributed by atoms with Gasteiger partial charge in [0.2, 0.25) is 11.8 Å². The Hall–Kier alpha value is -2.09. The number of rotatable bonds is 6. The molecule has 0 bridgehead atoms. The zero-order valence-electron chi connectivity index (χ0n) is 14.8. The normalized spacial score (nSPS) is 18.6. The van der Waals surface area contributed by atoms with Crippen molar-refractivity contribution in [3.05, 3.63) is 24.3 Å². The van der Waals surface area contributed by atoms with Crippen LogP contribution in [-0.4, -0.2) is 62.9 Å². The standard InChI is InChI=1S/C17H24N2O5S/c1-4-18(15-9-10-25(22,23)12-15)17(21)11-19(13(2)20)14-5-7-16(24-3)8-6-14/h5-8,15H,4,9-12H2,1-3H3. The van der Waals surface area contributed by atoms with Crippen molar-refractivity contribution in [1.82, 2.24) is 4.90 Å². The Morgan fingerprint density at radius 2 is 1.88 bits per heavy atom. The smallest absolute Gasteiger partial charge is 0.242 e. The summed E-state index contributed by atoms with van der Waals surface area (Å²) in [6, 6.07) is 6.55. The number of likely N-dealkylation sites (N-methyl/N-ethyl adjacent to an activating group) is 1. The zero-order valence-corrected chi connectivity index (χ0v) is 15.6. The number of ether oxygens (including phenoxy) is 1. The fraction of sp³-hybridized carbons (Fsp3) is 0.529. The topological polar surface area (TPSA) is 84.0 Å². The predicted octanol–water partition coefficient (Wildman–Crippen LogP) is 1.08. The molecule has 1 aromatic rings. The zero-order chi connectivity index (χ0) is 18.6. The molecule has 1 fully saturated rings. The van der Waals surface area contributed by atoms with Crippen LogP contribution in [0.2, 0.25) is 0 Å². The molecule has 0 N–H and O–H groups in total. The number of methoxy groups -OCH3 is 1. The number of carbonyl (C=O) groups excluding carboxylic acids is 2. The highest BCUT2D eigenvalue weighted by Gasteiger charge is 2.34. The highest BCUT2D eigenvalue weighted by Crippen LogP contribution is 2.21. The van der Waals surface area contributed by atoms with Crippen LogP contribution in [0.3, 0.4) is 0 Å². The first-order valence-electron chi connectivity index (χ1n) is 8.19. The molecule has 1 unspecified atom stereocenters. The monoisotopic (exact) mass is 368 g/mol. The minimum absolute atomic E-state index is 0.00477. The number of nitrogens with zero attached hydrogens (tertiary/aromatic N) is 2. The molecule has 1 saturated heterocycles. The van der Waals surface area contributed by atoms with Gasteiger partial charge in [0.1, 0.15) is 12.3 Å². The number of benzene rings is 1. The summed E-state index contributed by atoms with van der Waals surface area (Å²) in [7, 11) is -1.53. The average Bonchev–Trinajstić information content (AvgIpc) is 2.93. The van der Waals surface area contributed by atoms with Gasteiger partial charge >= 0.3 is 0 Å². The lowest BCUT2D eigenvalue weighted by Crippen LogP contribution is -2.47. The average molecular weight is 368 g/mol. The Morgan fingerprint density at radius 1 is 1.24 bits per heavy atom. The molecule has 0 radical (unpaired) electrons. The minimum Gasteiger partial charge on any atom is -0.497 e. The van der Waals surface area contributed by atoms with Crippen LogP contribution in [0.25, 0.3) is 0 Å². The second-order valence-electron chi connectivity index (χ2n) is 6.04. The Kier molecular flexibility index (Phi) is 6.05. The lowest BCUT2D eigenvalue weighted by atomic mass is 10.2. The van der Waals surface area contributed by atoms with Gasteiger partial charge in [0.25, 0.3) is 0 Å². The minimum atomic E-state index is -3.08. The number of sulfone groups is 1. The number of anilines is 1. The van der Waals surface area contributed by atoms with Gasteiger partial charge in [-0.15, -0.1) is 0 Å². The van der Waals surface area contributed by atoms with Crippen LogP contribution >= 0.6 is 0 Å². The predicted molar refractivity (Wildman–Crippen MR) is 95.5 cm³/mol. The molecule has 1 aliphatic heterocycles. The van der Waals surface area contributed by atoms with E-state index in [1.807, 2.05) is 6.92 Å². The molecule has 0 aromatic heterocycles. The SMILES string of the molecule is CCN(C(=O)CN(C(C)=O)c1ccc(OC)cc1)C1CCS(=O)(=O)C1. The molecule has 1 atom stereocenters. The van der Waals surface area contributed by atoms with Gasteiger partial charge < -0.3 is 14.5 Å². The van der Waals surface area contributed by atoms with Crippen molar-refractivity contribution in [2.45, 2.75) is 26.3 Å². The van der Waals surface area contributed by atoms with Gasteiger partial charge in [0.15, 0.2) is 9.84 Å². The Bertz CT molecular complexity index is 730. The number of carbonyl (C=O) groups is 2. The molecular weight excluding hydrogens is 344 g/mol. The molecule has 138 valence electrons. The third kappa shape index (κ3) is 4.72. The van der Waals surface area contributed by atoms with E-state index in [2.05, 4.69) is 0 Å². The van der Waals surface area contributed by atoms with Crippen molar-refractivity contribution in [2.24, 2.45) is 0 Å². The van der Waals surface area contributed by atoms with Crippen LogP contribution in [0, 0.1) is 0 Å². The van der Waals surface area contributed by atoms with E-state index in [-0.39, 0.29) is 35.9 Å². The number of hydrogen-bond acceptors (Lipinski definition) is 5. The van der Waals surface area contributed by atoms with Crippen molar-refractivity contribution in [3.8, 4) is 5.75 Å². The Balaban J connectivity index is 2.14. The van der Waals surface area contributed by atoms with Gasteiger partial charge in [-0.1, -0.05) is 0 Å². The molecule has 2 rings (SSSR count). The Labute approximate surface area is 148 Å². The molecule has 1 heterocycles. The van der Waals surface area contributed by atoms with Gasteiger partial charge in [-0.05, 0) is 37.6 Å². The molecule has 0 spiro atoms. The summed E-state index contributed by atoms with van der Waals surface area (Å²) < 4.78 is 28.5. The molecule has 7 nitrogen and oxygen atoms in total. The summed E-state index contributed by atoms with van der Waals surface area (Å²) in [4.78, 5) is 27.6. The molecular formula is C17H24N2O5S. The highest BCUT2D eigenvalue weighted by molar-refractivity contribution is 7.91. The van der Waals surface area contributed by atoms with Gasteiger partial charge in [-0.3, -0.25) is 9.59 Å². The molecule has 25 heavy (non-hydrogen) atoms. The van der Waals surface area contributed by atoms with Gasteiger partial charge in [0.05, 0.1) is 18.6 Å². The summed E-state index contributed by atoms with van der Waals surface area (Å²) in [6.07, 6.45) is 0.449. The van der Waals surface area contributed by atoms with E-state index in [9.17, 15) is 18.0 Å². The van der Waals surface area contributed by atoms with Gasteiger partial charge in [-0.25, -0.2) is 8.42 Å². The summed E-state index contributed by atoms with van der Waals surface area (Å²) in [5.74, 6) is 0.250. The van der Waals surface area contributed by atoms with Crippen molar-refractivity contribution >= 4 is 27.3 Å².